The molecule has 1 saturated heterocycles. The van der Waals surface area contributed by atoms with E-state index in [4.69, 9.17) is 0 Å². The number of pyridine rings is 1. The Hall–Kier alpha value is -1.09. The Morgan fingerprint density at radius 3 is 2.72 bits per heavy atom. The van der Waals surface area contributed by atoms with Gasteiger partial charge in [0, 0.05) is 12.2 Å². The molecule has 1 unspecified atom stereocenters. The third-order valence-electron chi connectivity index (χ3n) is 3.56. The molecule has 2 N–H and O–H groups in total. The van der Waals surface area contributed by atoms with Gasteiger partial charge in [0.2, 0.25) is 0 Å². The Bertz CT molecular complexity index is 356. The summed E-state index contributed by atoms with van der Waals surface area (Å²) in [5, 5.41) is 6.98. The lowest BCUT2D eigenvalue weighted by atomic mass is 9.88. The van der Waals surface area contributed by atoms with Crippen LogP contribution in [-0.4, -0.2) is 24.1 Å². The number of aromatic nitrogens is 1. The number of hydrogen-bond acceptors (Lipinski definition) is 3. The molecule has 0 radical (unpaired) electrons. The molecule has 2 rings (SSSR count). The van der Waals surface area contributed by atoms with Gasteiger partial charge in [-0.05, 0) is 49.4 Å². The van der Waals surface area contributed by atoms with Gasteiger partial charge in [-0.2, -0.15) is 0 Å². The van der Waals surface area contributed by atoms with Gasteiger partial charge in [-0.3, -0.25) is 0 Å². The minimum absolute atomic E-state index is 0.178. The smallest absolute Gasteiger partial charge is 0.126 e. The maximum Gasteiger partial charge on any atom is 0.126 e. The van der Waals surface area contributed by atoms with E-state index in [1.165, 1.54) is 24.8 Å². The quantitative estimate of drug-likeness (QED) is 0.843. The zero-order valence-electron chi connectivity index (χ0n) is 11.8. The van der Waals surface area contributed by atoms with E-state index < -0.39 is 0 Å². The molecule has 0 spiro atoms. The normalized spacial score (nSPS) is 21.4. The lowest BCUT2D eigenvalue weighted by Gasteiger charge is -2.20. The van der Waals surface area contributed by atoms with Crippen molar-refractivity contribution in [3.63, 3.8) is 0 Å². The van der Waals surface area contributed by atoms with Crippen molar-refractivity contribution in [3.05, 3.63) is 23.9 Å². The first-order valence-corrected chi connectivity index (χ1v) is 6.99. The van der Waals surface area contributed by atoms with Crippen molar-refractivity contribution in [1.29, 1.82) is 0 Å². The Labute approximate surface area is 110 Å². The maximum absolute atomic E-state index is 4.54. The summed E-state index contributed by atoms with van der Waals surface area (Å²) >= 11 is 0. The minimum atomic E-state index is 0.178. The molecule has 0 aromatic carbocycles. The number of nitrogens with zero attached hydrogens (tertiary/aromatic N) is 1. The third-order valence-corrected chi connectivity index (χ3v) is 3.56. The van der Waals surface area contributed by atoms with Crippen LogP contribution in [0.2, 0.25) is 0 Å². The van der Waals surface area contributed by atoms with Crippen LogP contribution in [0.5, 0.6) is 0 Å². The lowest BCUT2D eigenvalue weighted by molar-refractivity contribution is 0.587. The second-order valence-corrected chi connectivity index (χ2v) is 6.20. The van der Waals surface area contributed by atoms with Crippen LogP contribution in [0.1, 0.15) is 45.6 Å². The highest BCUT2D eigenvalue weighted by Gasteiger charge is 2.15. The highest BCUT2D eigenvalue weighted by Crippen LogP contribution is 2.22. The summed E-state index contributed by atoms with van der Waals surface area (Å²) in [6.45, 7) is 8.91. The SMILES string of the molecule is CC(C)(C)c1ccc(NC2CCCNCC2)nc1. The van der Waals surface area contributed by atoms with Gasteiger partial charge in [-0.15, -0.1) is 0 Å². The predicted octanol–water partition coefficient (Wildman–Crippen LogP) is 2.93. The first kappa shape index (κ1) is 13.3. The van der Waals surface area contributed by atoms with Crippen molar-refractivity contribution in [2.45, 2.75) is 51.5 Å². The molecule has 1 fully saturated rings. The Morgan fingerprint density at radius 1 is 1.22 bits per heavy atom. The van der Waals surface area contributed by atoms with Crippen LogP contribution in [-0.2, 0) is 5.41 Å². The summed E-state index contributed by atoms with van der Waals surface area (Å²) in [5.74, 6) is 1.01. The molecule has 1 atom stereocenters. The molecule has 1 aromatic heterocycles. The van der Waals surface area contributed by atoms with Crippen molar-refractivity contribution in [2.24, 2.45) is 0 Å². The first-order chi connectivity index (χ1) is 8.55. The zero-order chi connectivity index (χ0) is 13.0. The number of rotatable bonds is 2. The van der Waals surface area contributed by atoms with Crippen LogP contribution < -0.4 is 10.6 Å². The van der Waals surface area contributed by atoms with Gasteiger partial charge in [-0.1, -0.05) is 26.8 Å². The van der Waals surface area contributed by atoms with Crippen LogP contribution in [0, 0.1) is 0 Å². The molecule has 1 aliphatic heterocycles. The highest BCUT2D eigenvalue weighted by atomic mass is 15.0. The summed E-state index contributed by atoms with van der Waals surface area (Å²) in [6.07, 6.45) is 5.66. The molecule has 3 heteroatoms. The van der Waals surface area contributed by atoms with Crippen molar-refractivity contribution in [2.75, 3.05) is 18.4 Å². The average molecular weight is 247 g/mol. The zero-order valence-corrected chi connectivity index (χ0v) is 11.8. The minimum Gasteiger partial charge on any atom is -0.367 e. The van der Waals surface area contributed by atoms with Crippen LogP contribution in [0.15, 0.2) is 18.3 Å². The largest absolute Gasteiger partial charge is 0.367 e. The van der Waals surface area contributed by atoms with E-state index in [1.807, 2.05) is 6.20 Å². The topological polar surface area (TPSA) is 37.0 Å². The van der Waals surface area contributed by atoms with Crippen LogP contribution >= 0.6 is 0 Å². The van der Waals surface area contributed by atoms with Crippen molar-refractivity contribution in [1.82, 2.24) is 10.3 Å². The number of nitrogens with one attached hydrogen (secondary N) is 2. The van der Waals surface area contributed by atoms with Crippen molar-refractivity contribution >= 4 is 5.82 Å². The molecule has 0 saturated carbocycles. The van der Waals surface area contributed by atoms with Crippen LogP contribution in [0.25, 0.3) is 0 Å². The Morgan fingerprint density at radius 2 is 2.06 bits per heavy atom. The fraction of sp³-hybridized carbons (Fsp3) is 0.667. The van der Waals surface area contributed by atoms with Gasteiger partial charge in [-0.25, -0.2) is 4.98 Å². The van der Waals surface area contributed by atoms with Gasteiger partial charge >= 0.3 is 0 Å². The number of hydrogen-bond donors (Lipinski definition) is 2. The summed E-state index contributed by atoms with van der Waals surface area (Å²) < 4.78 is 0. The van der Waals surface area contributed by atoms with Gasteiger partial charge in [0.25, 0.3) is 0 Å². The molecule has 0 amide bonds. The molecule has 100 valence electrons. The third kappa shape index (κ3) is 3.70. The van der Waals surface area contributed by atoms with Gasteiger partial charge in [0.15, 0.2) is 0 Å². The van der Waals surface area contributed by atoms with Crippen molar-refractivity contribution in [3.8, 4) is 0 Å². The molecule has 2 heterocycles. The lowest BCUT2D eigenvalue weighted by Crippen LogP contribution is -2.22. The van der Waals surface area contributed by atoms with E-state index in [0.717, 1.165) is 18.9 Å². The number of anilines is 1. The van der Waals surface area contributed by atoms with Crippen LogP contribution in [0.4, 0.5) is 5.82 Å². The molecular formula is C15H25N3. The van der Waals surface area contributed by atoms with E-state index in [1.54, 1.807) is 0 Å². The average Bonchev–Trinajstić information content (AvgIpc) is 2.57. The van der Waals surface area contributed by atoms with E-state index >= 15 is 0 Å². The highest BCUT2D eigenvalue weighted by molar-refractivity contribution is 5.38. The fourth-order valence-electron chi connectivity index (χ4n) is 2.30. The Kier molecular flexibility index (Phi) is 4.23. The molecule has 18 heavy (non-hydrogen) atoms. The van der Waals surface area contributed by atoms with E-state index in [9.17, 15) is 0 Å². The van der Waals surface area contributed by atoms with Crippen LogP contribution in [0.3, 0.4) is 0 Å². The molecule has 3 nitrogen and oxygen atoms in total. The second-order valence-electron chi connectivity index (χ2n) is 6.20. The fourth-order valence-corrected chi connectivity index (χ4v) is 2.30. The van der Waals surface area contributed by atoms with E-state index in [0.29, 0.717) is 6.04 Å². The predicted molar refractivity (Wildman–Crippen MR) is 77.1 cm³/mol. The summed E-state index contributed by atoms with van der Waals surface area (Å²) in [7, 11) is 0. The first-order valence-electron chi connectivity index (χ1n) is 6.99. The summed E-state index contributed by atoms with van der Waals surface area (Å²) in [5.41, 5.74) is 1.47. The summed E-state index contributed by atoms with van der Waals surface area (Å²) in [4.78, 5) is 4.54. The van der Waals surface area contributed by atoms with E-state index in [2.05, 4.69) is 48.5 Å². The van der Waals surface area contributed by atoms with E-state index in [-0.39, 0.29) is 5.41 Å². The standard InChI is InChI=1S/C15H25N3/c1-15(2,3)12-6-7-14(17-11-12)18-13-5-4-9-16-10-8-13/h6-7,11,13,16H,4-5,8-10H2,1-3H3,(H,17,18). The maximum atomic E-state index is 4.54. The van der Waals surface area contributed by atoms with Gasteiger partial charge in [0.05, 0.1) is 0 Å². The van der Waals surface area contributed by atoms with Crippen molar-refractivity contribution < 1.29 is 0 Å². The molecule has 1 aliphatic rings. The van der Waals surface area contributed by atoms with Gasteiger partial charge < -0.3 is 10.6 Å². The molecular weight excluding hydrogens is 222 g/mol. The Balaban J connectivity index is 1.97. The second kappa shape index (κ2) is 5.70. The monoisotopic (exact) mass is 247 g/mol. The molecule has 0 aliphatic carbocycles. The molecule has 0 bridgehead atoms. The van der Waals surface area contributed by atoms with Gasteiger partial charge in [0.1, 0.15) is 5.82 Å². The summed E-state index contributed by atoms with van der Waals surface area (Å²) in [6, 6.07) is 4.86. The molecule has 1 aromatic rings.